The molecule has 1 aliphatic rings. The van der Waals surface area contributed by atoms with Gasteiger partial charge < -0.3 is 0 Å². The van der Waals surface area contributed by atoms with E-state index >= 15 is 0 Å². The molecule has 1 unspecified atom stereocenters. The molecule has 12 heteroatoms. The largest absolute Gasteiger partial charge is 0.274 e. The summed E-state index contributed by atoms with van der Waals surface area (Å²) in [5.74, 6) is 0.612. The maximum absolute atomic E-state index is 13.1. The first kappa shape index (κ1) is 21.7. The third-order valence-electron chi connectivity index (χ3n) is 5.83. The monoisotopic (exact) mass is 484 g/mol. The molecule has 4 aromatic rings. The molecule has 172 valence electrons. The number of H-pyrrole nitrogens is 1. The third kappa shape index (κ3) is 4.28. The lowest BCUT2D eigenvalue weighted by atomic mass is 9.99. The highest BCUT2D eigenvalue weighted by atomic mass is 32.2. The molecule has 0 bridgehead atoms. The molecular weight excluding hydrogens is 460 g/mol. The Hall–Kier alpha value is -3.09. The molecule has 3 aromatic heterocycles. The third-order valence-corrected chi connectivity index (χ3v) is 7.92. The van der Waals surface area contributed by atoms with E-state index in [-0.39, 0.29) is 10.8 Å². The predicted octanol–water partition coefficient (Wildman–Crippen LogP) is 2.48. The van der Waals surface area contributed by atoms with Crippen molar-refractivity contribution in [1.82, 2.24) is 38.6 Å². The molecule has 1 saturated heterocycles. The Bertz CT molecular complexity index is 1420. The number of hydrogen-bond acceptors (Lipinski definition) is 6. The summed E-state index contributed by atoms with van der Waals surface area (Å²) in [4.78, 5) is 0.201. The fraction of sp³-hybridized carbons (Fsp3) is 0.333. The van der Waals surface area contributed by atoms with E-state index in [4.69, 9.17) is 12.2 Å². The molecule has 1 aliphatic heterocycles. The highest BCUT2D eigenvalue weighted by molar-refractivity contribution is 7.89. The van der Waals surface area contributed by atoms with Gasteiger partial charge in [-0.2, -0.15) is 19.6 Å². The van der Waals surface area contributed by atoms with Crippen LogP contribution in [0.5, 0.6) is 0 Å². The minimum absolute atomic E-state index is 0.101. The minimum atomic E-state index is -3.62. The van der Waals surface area contributed by atoms with Crippen molar-refractivity contribution < 1.29 is 8.42 Å². The van der Waals surface area contributed by atoms with Crippen LogP contribution in [0.4, 0.5) is 0 Å². The number of aromatic nitrogens is 7. The lowest BCUT2D eigenvalue weighted by molar-refractivity contribution is 0.307. The van der Waals surface area contributed by atoms with Crippen molar-refractivity contribution >= 4 is 22.2 Å². The lowest BCUT2D eigenvalue weighted by Crippen LogP contribution is -2.39. The highest BCUT2D eigenvalue weighted by Gasteiger charge is 2.34. The Morgan fingerprint density at radius 3 is 2.73 bits per heavy atom. The predicted molar refractivity (Wildman–Crippen MR) is 124 cm³/mol. The summed E-state index contributed by atoms with van der Waals surface area (Å²) in [5.41, 5.74) is 1.94. The van der Waals surface area contributed by atoms with Gasteiger partial charge >= 0.3 is 0 Å². The molecule has 0 saturated carbocycles. The topological polar surface area (TPSA) is 107 Å². The molecule has 4 heterocycles. The van der Waals surface area contributed by atoms with Crippen molar-refractivity contribution in [2.75, 3.05) is 13.1 Å². The SMILES string of the molecule is Cn1cc(S(=O)(=O)N2CCCC(c3n[nH]c(=S)n3-c3cnn(Cc4ccccc4)c3)C2)cn1. The molecule has 5 rings (SSSR count). The number of benzene rings is 1. The zero-order valence-corrected chi connectivity index (χ0v) is 19.7. The van der Waals surface area contributed by atoms with Crippen LogP contribution in [0.1, 0.15) is 30.1 Å². The summed E-state index contributed by atoms with van der Waals surface area (Å²) in [6, 6.07) is 10.1. The number of sulfonamides is 1. The van der Waals surface area contributed by atoms with Crippen molar-refractivity contribution in [1.29, 1.82) is 0 Å². The van der Waals surface area contributed by atoms with Gasteiger partial charge in [0, 0.05) is 38.4 Å². The van der Waals surface area contributed by atoms with Crippen LogP contribution in [-0.2, 0) is 23.6 Å². The second-order valence-corrected chi connectivity index (χ2v) is 10.5. The maximum atomic E-state index is 13.1. The highest BCUT2D eigenvalue weighted by Crippen LogP contribution is 2.30. The molecule has 1 aromatic carbocycles. The zero-order chi connectivity index (χ0) is 23.0. The quantitative estimate of drug-likeness (QED) is 0.422. The normalized spacial score (nSPS) is 17.4. The molecule has 0 spiro atoms. The second kappa shape index (κ2) is 8.69. The number of nitrogens with one attached hydrogen (secondary N) is 1. The first-order valence-corrected chi connectivity index (χ1v) is 12.5. The van der Waals surface area contributed by atoms with E-state index in [1.54, 1.807) is 13.2 Å². The number of aryl methyl sites for hydroxylation is 1. The van der Waals surface area contributed by atoms with Crippen LogP contribution >= 0.6 is 12.2 Å². The van der Waals surface area contributed by atoms with Crippen LogP contribution in [0.25, 0.3) is 5.69 Å². The van der Waals surface area contributed by atoms with E-state index in [2.05, 4.69) is 32.5 Å². The van der Waals surface area contributed by atoms with Gasteiger partial charge in [-0.3, -0.25) is 19.0 Å². The van der Waals surface area contributed by atoms with Crippen molar-refractivity contribution in [3.05, 3.63) is 71.3 Å². The molecule has 33 heavy (non-hydrogen) atoms. The van der Waals surface area contributed by atoms with Crippen molar-refractivity contribution in [3.63, 3.8) is 0 Å². The fourth-order valence-corrected chi connectivity index (χ4v) is 5.96. The molecule has 10 nitrogen and oxygen atoms in total. The van der Waals surface area contributed by atoms with Crippen LogP contribution in [0.3, 0.4) is 0 Å². The summed E-state index contributed by atoms with van der Waals surface area (Å²) in [6.07, 6.45) is 8.14. The molecule has 1 fully saturated rings. The number of aromatic amines is 1. The van der Waals surface area contributed by atoms with Gasteiger partial charge in [-0.1, -0.05) is 30.3 Å². The van der Waals surface area contributed by atoms with Crippen LogP contribution in [-0.4, -0.2) is 60.1 Å². The molecule has 1 N–H and O–H groups in total. The number of rotatable bonds is 6. The lowest BCUT2D eigenvalue weighted by Gasteiger charge is -2.31. The average molecular weight is 485 g/mol. The molecule has 0 radical (unpaired) electrons. The molecule has 0 aliphatic carbocycles. The Kier molecular flexibility index (Phi) is 5.72. The van der Waals surface area contributed by atoms with E-state index in [9.17, 15) is 8.42 Å². The molecular formula is C21H24N8O2S2. The van der Waals surface area contributed by atoms with Crippen LogP contribution in [0.2, 0.25) is 0 Å². The van der Waals surface area contributed by atoms with Gasteiger partial charge in [0.2, 0.25) is 10.0 Å². The summed E-state index contributed by atoms with van der Waals surface area (Å²) in [5, 5.41) is 15.8. The average Bonchev–Trinajstić information content (AvgIpc) is 3.55. The maximum Gasteiger partial charge on any atom is 0.246 e. The van der Waals surface area contributed by atoms with Crippen molar-refractivity contribution in [2.24, 2.45) is 7.05 Å². The smallest absolute Gasteiger partial charge is 0.246 e. The van der Waals surface area contributed by atoms with E-state index < -0.39 is 10.0 Å². The van der Waals surface area contributed by atoms with E-state index in [1.807, 2.05) is 33.6 Å². The second-order valence-electron chi connectivity index (χ2n) is 8.16. The van der Waals surface area contributed by atoms with Crippen molar-refractivity contribution in [2.45, 2.75) is 30.2 Å². The van der Waals surface area contributed by atoms with Gasteiger partial charge in [-0.25, -0.2) is 8.42 Å². The van der Waals surface area contributed by atoms with E-state index in [1.165, 1.54) is 21.4 Å². The summed E-state index contributed by atoms with van der Waals surface area (Å²) in [7, 11) is -1.92. The first-order chi connectivity index (χ1) is 15.9. The van der Waals surface area contributed by atoms with Gasteiger partial charge in [0.25, 0.3) is 0 Å². The van der Waals surface area contributed by atoms with Crippen LogP contribution in [0, 0.1) is 4.77 Å². The zero-order valence-electron chi connectivity index (χ0n) is 18.1. The Balaban J connectivity index is 1.41. The van der Waals surface area contributed by atoms with Crippen LogP contribution in [0.15, 0.2) is 60.0 Å². The Morgan fingerprint density at radius 1 is 1.15 bits per heavy atom. The van der Waals surface area contributed by atoms with Gasteiger partial charge in [0.15, 0.2) is 4.77 Å². The molecule has 0 amide bonds. The standard InChI is InChI=1S/C21H24N8O2S2/c1-26-15-19(11-22-26)33(30,31)28-9-5-8-17(13-28)20-24-25-21(32)29(20)18-10-23-27(14-18)12-16-6-3-2-4-7-16/h2-4,6-7,10-11,14-15,17H,5,8-9,12-13H2,1H3,(H,25,32). The van der Waals surface area contributed by atoms with Gasteiger partial charge in [-0.05, 0) is 30.6 Å². The van der Waals surface area contributed by atoms with E-state index in [0.29, 0.717) is 30.2 Å². The van der Waals surface area contributed by atoms with Gasteiger partial charge in [-0.15, -0.1) is 0 Å². The Labute approximate surface area is 196 Å². The number of piperidine rings is 1. The number of nitrogens with zero attached hydrogens (tertiary/aromatic N) is 7. The minimum Gasteiger partial charge on any atom is -0.274 e. The first-order valence-electron chi connectivity index (χ1n) is 10.6. The van der Waals surface area contributed by atoms with Gasteiger partial charge in [0.1, 0.15) is 10.7 Å². The number of hydrogen-bond donors (Lipinski definition) is 1. The summed E-state index contributed by atoms with van der Waals surface area (Å²) in [6.45, 7) is 1.44. The van der Waals surface area contributed by atoms with Gasteiger partial charge in [0.05, 0.1) is 24.6 Å². The fourth-order valence-electron chi connectivity index (χ4n) is 4.21. The van der Waals surface area contributed by atoms with E-state index in [0.717, 1.165) is 24.1 Å². The summed E-state index contributed by atoms with van der Waals surface area (Å²) < 4.78 is 33.4. The summed E-state index contributed by atoms with van der Waals surface area (Å²) >= 11 is 5.51. The molecule has 1 atom stereocenters. The Morgan fingerprint density at radius 2 is 1.97 bits per heavy atom. The van der Waals surface area contributed by atoms with Crippen LogP contribution < -0.4 is 0 Å². The van der Waals surface area contributed by atoms with Crippen molar-refractivity contribution in [3.8, 4) is 5.69 Å².